The van der Waals surface area contributed by atoms with E-state index < -0.39 is 11.8 Å². The number of nitrogens with one attached hydrogen (secondary N) is 3. The van der Waals surface area contributed by atoms with Crippen LogP contribution in [0.5, 0.6) is 5.75 Å². The molecule has 0 unspecified atom stereocenters. The van der Waals surface area contributed by atoms with Gasteiger partial charge in [0.25, 0.3) is 0 Å². The van der Waals surface area contributed by atoms with Gasteiger partial charge in [-0.1, -0.05) is 6.07 Å². The maximum Gasteiger partial charge on any atom is 0.420 e. The standard InChI is InChI=1S/C22H25N5O5/c1-26(2)10-4-3-9-23-21(29)31-15-6-8-19-18(12-15)27(22(30)32-19)13-14-5-7-16-17(11-14)25-20(28)24-16/h5-8,11-12H,3-4,9-10,13H2,1-2H3,(H,23,29)(H2,24,25,28). The molecule has 3 N–H and O–H groups in total. The number of aromatic nitrogens is 3. The Balaban J connectivity index is 1.47. The molecule has 0 aliphatic rings. The van der Waals surface area contributed by atoms with Gasteiger partial charge in [-0.25, -0.2) is 14.4 Å². The highest BCUT2D eigenvalue weighted by Crippen LogP contribution is 2.22. The van der Waals surface area contributed by atoms with E-state index in [9.17, 15) is 14.4 Å². The summed E-state index contributed by atoms with van der Waals surface area (Å²) in [7, 11) is 4.01. The molecule has 32 heavy (non-hydrogen) atoms. The number of amides is 1. The number of hydrogen-bond acceptors (Lipinski definition) is 6. The van der Waals surface area contributed by atoms with Crippen LogP contribution >= 0.6 is 0 Å². The number of oxazole rings is 1. The van der Waals surface area contributed by atoms with Crippen molar-refractivity contribution >= 4 is 28.2 Å². The zero-order chi connectivity index (χ0) is 22.7. The van der Waals surface area contributed by atoms with E-state index in [2.05, 4.69) is 20.2 Å². The summed E-state index contributed by atoms with van der Waals surface area (Å²) in [5, 5.41) is 2.73. The Morgan fingerprint density at radius 2 is 1.91 bits per heavy atom. The van der Waals surface area contributed by atoms with E-state index in [-0.39, 0.29) is 12.2 Å². The molecule has 0 spiro atoms. The molecule has 0 fully saturated rings. The number of carbonyl (C=O) groups excluding carboxylic acids is 1. The largest absolute Gasteiger partial charge is 0.420 e. The van der Waals surface area contributed by atoms with Gasteiger partial charge < -0.3 is 29.3 Å². The van der Waals surface area contributed by atoms with Crippen LogP contribution in [0.1, 0.15) is 18.4 Å². The van der Waals surface area contributed by atoms with Crippen molar-refractivity contribution in [2.24, 2.45) is 0 Å². The molecule has 10 heteroatoms. The summed E-state index contributed by atoms with van der Waals surface area (Å²) in [6.07, 6.45) is 1.28. The molecule has 0 saturated heterocycles. The number of unbranched alkanes of at least 4 members (excludes halogenated alkanes) is 1. The number of fused-ring (bicyclic) bond motifs is 2. The van der Waals surface area contributed by atoms with Gasteiger partial charge in [-0.05, 0) is 63.3 Å². The van der Waals surface area contributed by atoms with Gasteiger partial charge in [0, 0.05) is 12.6 Å². The first-order valence-corrected chi connectivity index (χ1v) is 10.3. The summed E-state index contributed by atoms with van der Waals surface area (Å²) >= 11 is 0. The molecule has 0 radical (unpaired) electrons. The number of hydrogen-bond donors (Lipinski definition) is 3. The Kier molecular flexibility index (Phi) is 6.13. The van der Waals surface area contributed by atoms with Gasteiger partial charge in [-0.15, -0.1) is 0 Å². The van der Waals surface area contributed by atoms with Crippen LogP contribution in [0.2, 0.25) is 0 Å². The number of aromatic amines is 2. The SMILES string of the molecule is CN(C)CCCCNC(=O)Oc1ccc2oc(=O)n(Cc3ccc4[nH]c(=O)[nH]c4c3)c2c1. The second-order valence-electron chi connectivity index (χ2n) is 7.87. The molecule has 2 aromatic heterocycles. The average molecular weight is 439 g/mol. The lowest BCUT2D eigenvalue weighted by Crippen LogP contribution is -2.28. The van der Waals surface area contributed by atoms with Gasteiger partial charge in [-0.3, -0.25) is 4.57 Å². The predicted molar refractivity (Wildman–Crippen MR) is 120 cm³/mol. The Morgan fingerprint density at radius 1 is 1.09 bits per heavy atom. The van der Waals surface area contributed by atoms with Crippen LogP contribution in [0.25, 0.3) is 22.1 Å². The second-order valence-corrected chi connectivity index (χ2v) is 7.87. The van der Waals surface area contributed by atoms with E-state index in [1.807, 2.05) is 20.2 Å². The van der Waals surface area contributed by atoms with Crippen LogP contribution in [0.15, 0.2) is 50.4 Å². The van der Waals surface area contributed by atoms with Crippen molar-refractivity contribution in [3.63, 3.8) is 0 Å². The summed E-state index contributed by atoms with van der Waals surface area (Å²) in [6, 6.07) is 10.2. The highest BCUT2D eigenvalue weighted by Gasteiger charge is 2.13. The number of imidazole rings is 1. The van der Waals surface area contributed by atoms with Gasteiger partial charge >= 0.3 is 17.5 Å². The van der Waals surface area contributed by atoms with Crippen molar-refractivity contribution in [2.75, 3.05) is 27.2 Å². The summed E-state index contributed by atoms with van der Waals surface area (Å²) in [5.41, 5.74) is 2.75. The summed E-state index contributed by atoms with van der Waals surface area (Å²) in [4.78, 5) is 43.4. The maximum absolute atomic E-state index is 12.4. The lowest BCUT2D eigenvalue weighted by atomic mass is 10.2. The number of nitrogens with zero attached hydrogens (tertiary/aromatic N) is 2. The molecule has 0 atom stereocenters. The Labute approximate surface area is 182 Å². The molecule has 10 nitrogen and oxygen atoms in total. The normalized spacial score (nSPS) is 11.5. The van der Waals surface area contributed by atoms with Gasteiger partial charge in [0.1, 0.15) is 5.75 Å². The Bertz CT molecular complexity index is 1360. The number of H-pyrrole nitrogens is 2. The molecule has 2 aromatic carbocycles. The third kappa shape index (κ3) is 4.92. The van der Waals surface area contributed by atoms with Crippen LogP contribution in [0, 0.1) is 0 Å². The van der Waals surface area contributed by atoms with Crippen molar-refractivity contribution in [3.8, 4) is 5.75 Å². The molecule has 2 heterocycles. The van der Waals surface area contributed by atoms with Crippen LogP contribution in [0.4, 0.5) is 4.79 Å². The van der Waals surface area contributed by atoms with E-state index in [1.54, 1.807) is 30.3 Å². The van der Waals surface area contributed by atoms with E-state index >= 15 is 0 Å². The first-order valence-electron chi connectivity index (χ1n) is 10.3. The van der Waals surface area contributed by atoms with Crippen molar-refractivity contribution in [1.82, 2.24) is 24.8 Å². The molecular weight excluding hydrogens is 414 g/mol. The lowest BCUT2D eigenvalue weighted by Gasteiger charge is -2.10. The van der Waals surface area contributed by atoms with Gasteiger partial charge in [-0.2, -0.15) is 0 Å². The van der Waals surface area contributed by atoms with Gasteiger partial charge in [0.15, 0.2) is 5.58 Å². The molecule has 4 aromatic rings. The van der Waals surface area contributed by atoms with Gasteiger partial charge in [0.05, 0.1) is 23.1 Å². The summed E-state index contributed by atoms with van der Waals surface area (Å²) < 4.78 is 12.1. The maximum atomic E-state index is 12.4. The van der Waals surface area contributed by atoms with E-state index in [1.165, 1.54) is 4.57 Å². The number of carbonyl (C=O) groups is 1. The molecule has 4 rings (SSSR count). The number of rotatable bonds is 8. The van der Waals surface area contributed by atoms with Crippen LogP contribution in [-0.4, -0.2) is 52.7 Å². The van der Waals surface area contributed by atoms with Crippen molar-refractivity contribution in [1.29, 1.82) is 0 Å². The van der Waals surface area contributed by atoms with Crippen molar-refractivity contribution in [3.05, 3.63) is 63.0 Å². The quantitative estimate of drug-likeness (QED) is 0.362. The lowest BCUT2D eigenvalue weighted by molar-refractivity contribution is 0.200. The van der Waals surface area contributed by atoms with E-state index in [4.69, 9.17) is 9.15 Å². The summed E-state index contributed by atoms with van der Waals surface area (Å²) in [6.45, 7) is 1.71. The molecule has 168 valence electrons. The average Bonchev–Trinajstić information content (AvgIpc) is 3.25. The number of benzene rings is 2. The molecule has 0 aliphatic heterocycles. The zero-order valence-electron chi connectivity index (χ0n) is 17.9. The highest BCUT2D eigenvalue weighted by atomic mass is 16.6. The first kappa shape index (κ1) is 21.4. The predicted octanol–water partition coefficient (Wildman–Crippen LogP) is 2.24. The first-order chi connectivity index (χ1) is 15.4. The van der Waals surface area contributed by atoms with E-state index in [0.29, 0.717) is 34.4 Å². The molecule has 0 bridgehead atoms. The zero-order valence-corrected chi connectivity index (χ0v) is 17.9. The summed E-state index contributed by atoms with van der Waals surface area (Å²) in [5.74, 6) is -0.214. The smallest absolute Gasteiger partial charge is 0.410 e. The van der Waals surface area contributed by atoms with Crippen LogP contribution < -0.4 is 21.5 Å². The second kappa shape index (κ2) is 9.15. The fourth-order valence-corrected chi connectivity index (χ4v) is 3.50. The fourth-order valence-electron chi connectivity index (χ4n) is 3.50. The van der Waals surface area contributed by atoms with Crippen LogP contribution in [-0.2, 0) is 6.54 Å². The van der Waals surface area contributed by atoms with Crippen molar-refractivity contribution < 1.29 is 13.9 Å². The number of ether oxygens (including phenoxy) is 1. The Morgan fingerprint density at radius 3 is 2.72 bits per heavy atom. The monoisotopic (exact) mass is 439 g/mol. The topological polar surface area (TPSA) is 125 Å². The van der Waals surface area contributed by atoms with Crippen LogP contribution in [0.3, 0.4) is 0 Å². The van der Waals surface area contributed by atoms with E-state index in [0.717, 1.165) is 24.9 Å². The third-order valence-corrected chi connectivity index (χ3v) is 5.07. The molecular formula is C22H25N5O5. The minimum atomic E-state index is -0.548. The molecule has 0 aliphatic carbocycles. The minimum Gasteiger partial charge on any atom is -0.410 e. The molecule has 0 saturated carbocycles. The molecule has 1 amide bonds. The third-order valence-electron chi connectivity index (χ3n) is 5.07. The Hall–Kier alpha value is -3.79. The van der Waals surface area contributed by atoms with Crippen molar-refractivity contribution in [2.45, 2.75) is 19.4 Å². The highest BCUT2D eigenvalue weighted by molar-refractivity contribution is 5.78. The fraction of sp³-hybridized carbons (Fsp3) is 0.318. The minimum absolute atomic E-state index is 0.233. The van der Waals surface area contributed by atoms with Gasteiger partial charge in [0.2, 0.25) is 0 Å².